The van der Waals surface area contributed by atoms with Crippen molar-refractivity contribution in [3.8, 4) is 0 Å². The van der Waals surface area contributed by atoms with E-state index < -0.39 is 17.5 Å². The van der Waals surface area contributed by atoms with E-state index in [-0.39, 0.29) is 37.1 Å². The van der Waals surface area contributed by atoms with Crippen LogP contribution in [0.4, 0.5) is 10.1 Å². The molecule has 1 aliphatic rings. The molecule has 224 valence electrons. The summed E-state index contributed by atoms with van der Waals surface area (Å²) in [5, 5.41) is 39.6. The monoisotopic (exact) mass is 570 g/mol. The van der Waals surface area contributed by atoms with Gasteiger partial charge in [0.25, 0.3) is 5.91 Å². The summed E-state index contributed by atoms with van der Waals surface area (Å²) in [5.74, 6) is -2.18. The lowest BCUT2D eigenvalue weighted by Crippen LogP contribution is -2.52. The lowest BCUT2D eigenvalue weighted by molar-refractivity contribution is -0.285. The molecule has 0 radical (unpaired) electrons. The minimum absolute atomic E-state index is 0.000215. The minimum atomic E-state index is -2.25. The predicted octanol–water partition coefficient (Wildman–Crippen LogP) is 3.16. The number of nitrogens with zero attached hydrogens (tertiary/aromatic N) is 2. The average molecular weight is 571 g/mol. The summed E-state index contributed by atoms with van der Waals surface area (Å²) in [6.45, 7) is 9.16. The Balaban J connectivity index is 1.87. The second kappa shape index (κ2) is 13.7. The maximum absolute atomic E-state index is 14.9. The Bertz CT molecular complexity index is 1230. The highest BCUT2D eigenvalue weighted by molar-refractivity contribution is 5.80. The molecule has 0 spiro atoms. The predicted molar refractivity (Wildman–Crippen MR) is 156 cm³/mol. The Morgan fingerprint density at radius 2 is 1.85 bits per heavy atom. The van der Waals surface area contributed by atoms with Gasteiger partial charge in [-0.15, -0.1) is 0 Å². The fourth-order valence-electron chi connectivity index (χ4n) is 5.67. The first-order valence-corrected chi connectivity index (χ1v) is 13.9. The molecule has 1 saturated heterocycles. The van der Waals surface area contributed by atoms with Crippen LogP contribution >= 0.6 is 0 Å². The van der Waals surface area contributed by atoms with Crippen LogP contribution in [0.3, 0.4) is 0 Å². The number of hydrogen-bond acceptors (Lipinski definition) is 9. The molecule has 0 bridgehead atoms. The van der Waals surface area contributed by atoms with Gasteiger partial charge >= 0.3 is 0 Å². The van der Waals surface area contributed by atoms with E-state index in [1.807, 2.05) is 0 Å². The molecular weight excluding hydrogens is 527 g/mol. The molecule has 1 aliphatic heterocycles. The van der Waals surface area contributed by atoms with E-state index in [2.05, 4.69) is 31.1 Å². The highest BCUT2D eigenvalue weighted by atomic mass is 19.1. The third-order valence-corrected chi connectivity index (χ3v) is 7.97. The zero-order valence-electron chi connectivity index (χ0n) is 24.4. The first-order chi connectivity index (χ1) is 19.4. The van der Waals surface area contributed by atoms with Gasteiger partial charge in [0.05, 0.1) is 5.70 Å². The van der Waals surface area contributed by atoms with Gasteiger partial charge in [0.2, 0.25) is 0 Å². The molecule has 9 nitrogen and oxygen atoms in total. The zero-order valence-corrected chi connectivity index (χ0v) is 24.4. The molecule has 41 heavy (non-hydrogen) atoms. The summed E-state index contributed by atoms with van der Waals surface area (Å²) in [7, 11) is 3.28. The number of anilines is 1. The van der Waals surface area contributed by atoms with Crippen LogP contribution in [0.15, 0.2) is 48.7 Å². The number of likely N-dealkylation sites (tertiary alicyclic amines) is 1. The quantitative estimate of drug-likeness (QED) is 0.172. The second-order valence-corrected chi connectivity index (χ2v) is 11.2. The number of benzene rings is 2. The van der Waals surface area contributed by atoms with Crippen LogP contribution in [0.5, 0.6) is 0 Å². The van der Waals surface area contributed by atoms with Gasteiger partial charge < -0.3 is 30.7 Å². The summed E-state index contributed by atoms with van der Waals surface area (Å²) in [5.41, 5.74) is 0.592. The van der Waals surface area contributed by atoms with E-state index in [1.165, 1.54) is 18.2 Å². The Hall–Kier alpha value is -3.15. The van der Waals surface area contributed by atoms with Crippen LogP contribution in [0.2, 0.25) is 0 Å². The molecule has 0 aromatic heterocycles. The molecule has 3 unspecified atom stereocenters. The SMILES string of the molecule is C=C(NC)C(O)(CCC=O)N(C)Cc1c(C=O)cccc1NCc1cc(C(O)(O)N2CC(C)CC(C)C2)ccc1F. The van der Waals surface area contributed by atoms with E-state index in [0.29, 0.717) is 53.7 Å². The largest absolute Gasteiger partial charge is 0.388 e. The number of carbonyl (C=O) groups is 2. The van der Waals surface area contributed by atoms with Crippen LogP contribution in [0.1, 0.15) is 60.2 Å². The van der Waals surface area contributed by atoms with Gasteiger partial charge in [0.1, 0.15) is 18.4 Å². The van der Waals surface area contributed by atoms with Crippen LogP contribution in [0.25, 0.3) is 0 Å². The zero-order chi connectivity index (χ0) is 30.4. The van der Waals surface area contributed by atoms with Gasteiger partial charge in [-0.2, -0.15) is 0 Å². The minimum Gasteiger partial charge on any atom is -0.388 e. The van der Waals surface area contributed by atoms with Crippen molar-refractivity contribution in [1.82, 2.24) is 15.1 Å². The lowest BCUT2D eigenvalue weighted by Gasteiger charge is -2.42. The van der Waals surface area contributed by atoms with Crippen molar-refractivity contribution in [3.63, 3.8) is 0 Å². The molecule has 1 heterocycles. The number of halogens is 1. The van der Waals surface area contributed by atoms with Crippen molar-refractivity contribution in [2.45, 2.75) is 57.8 Å². The van der Waals surface area contributed by atoms with E-state index in [1.54, 1.807) is 42.1 Å². The number of hydrogen-bond donors (Lipinski definition) is 5. The number of carbonyl (C=O) groups excluding carboxylic acids is 2. The smallest absolute Gasteiger partial charge is 0.253 e. The molecule has 1 fully saturated rings. The van der Waals surface area contributed by atoms with Crippen LogP contribution in [-0.4, -0.2) is 70.6 Å². The summed E-state index contributed by atoms with van der Waals surface area (Å²) in [4.78, 5) is 26.2. The summed E-state index contributed by atoms with van der Waals surface area (Å²) >= 11 is 0. The summed E-state index contributed by atoms with van der Waals surface area (Å²) < 4.78 is 14.9. The van der Waals surface area contributed by atoms with Crippen molar-refractivity contribution in [2.24, 2.45) is 11.8 Å². The van der Waals surface area contributed by atoms with Crippen LogP contribution < -0.4 is 10.6 Å². The highest BCUT2D eigenvalue weighted by Crippen LogP contribution is 2.32. The molecule has 0 saturated carbocycles. The Morgan fingerprint density at radius 1 is 1.17 bits per heavy atom. The van der Waals surface area contributed by atoms with E-state index in [4.69, 9.17) is 0 Å². The fraction of sp³-hybridized carbons (Fsp3) is 0.484. The maximum Gasteiger partial charge on any atom is 0.253 e. The highest BCUT2D eigenvalue weighted by Gasteiger charge is 2.39. The lowest BCUT2D eigenvalue weighted by atomic mass is 9.90. The van der Waals surface area contributed by atoms with Gasteiger partial charge in [-0.1, -0.05) is 32.6 Å². The molecule has 5 N–H and O–H groups in total. The molecule has 0 aliphatic carbocycles. The summed E-state index contributed by atoms with van der Waals surface area (Å²) in [6, 6.07) is 9.12. The van der Waals surface area contributed by atoms with Crippen molar-refractivity contribution in [2.75, 3.05) is 32.5 Å². The first-order valence-electron chi connectivity index (χ1n) is 13.9. The van der Waals surface area contributed by atoms with Gasteiger partial charge in [-0.25, -0.2) is 9.29 Å². The number of aliphatic hydroxyl groups is 3. The second-order valence-electron chi connectivity index (χ2n) is 11.2. The maximum atomic E-state index is 14.9. The molecule has 2 aromatic rings. The van der Waals surface area contributed by atoms with E-state index in [0.717, 1.165) is 12.7 Å². The molecule has 2 aromatic carbocycles. The standard InChI is InChI=1S/C31H43FN4O5/c1-21-14-22(2)18-36(17-21)31(40,41)26-10-11-28(32)25(15-26)16-34-29-9-6-8-24(20-38)27(29)19-35(5)30(39,12-7-13-37)23(3)33-4/h6,8-11,13,15,20-22,33-34,39-41H,3,7,12,14,16-19H2,1-2,4-5H3. The van der Waals surface area contributed by atoms with Gasteiger partial charge in [-0.05, 0) is 55.1 Å². The van der Waals surface area contributed by atoms with Crippen molar-refractivity contribution >= 4 is 18.3 Å². The normalized spacial score (nSPS) is 19.4. The first kappa shape index (κ1) is 32.4. The molecule has 0 amide bonds. The van der Waals surface area contributed by atoms with Gasteiger partial charge in [-0.3, -0.25) is 9.69 Å². The Labute approximate surface area is 241 Å². The number of rotatable bonds is 14. The molecule has 3 rings (SSSR count). The van der Waals surface area contributed by atoms with Crippen molar-refractivity contribution in [3.05, 3.63) is 76.7 Å². The van der Waals surface area contributed by atoms with E-state index >= 15 is 0 Å². The third kappa shape index (κ3) is 7.38. The Morgan fingerprint density at radius 3 is 2.46 bits per heavy atom. The average Bonchev–Trinajstić information content (AvgIpc) is 2.94. The molecule has 3 atom stereocenters. The topological polar surface area (TPSA) is 125 Å². The summed E-state index contributed by atoms with van der Waals surface area (Å²) in [6.07, 6.45) is 2.62. The van der Waals surface area contributed by atoms with Gasteiger partial charge in [0.15, 0.2) is 5.72 Å². The number of likely N-dealkylation sites (N-methyl/N-ethyl adjacent to an activating group) is 2. The van der Waals surface area contributed by atoms with Gasteiger partial charge in [0, 0.05) is 68.4 Å². The van der Waals surface area contributed by atoms with Crippen molar-refractivity contribution < 1.29 is 29.3 Å². The van der Waals surface area contributed by atoms with Crippen LogP contribution in [-0.2, 0) is 23.8 Å². The van der Waals surface area contributed by atoms with Crippen molar-refractivity contribution in [1.29, 1.82) is 0 Å². The molecule has 10 heteroatoms. The third-order valence-electron chi connectivity index (χ3n) is 7.97. The molecular formula is C31H43FN4O5. The van der Waals surface area contributed by atoms with E-state index in [9.17, 15) is 29.3 Å². The fourth-order valence-corrected chi connectivity index (χ4v) is 5.67. The number of aldehydes is 2. The number of piperidine rings is 1. The Kier molecular flexibility index (Phi) is 10.8. The number of nitrogens with one attached hydrogen (secondary N) is 2. The van der Waals surface area contributed by atoms with Crippen LogP contribution in [0, 0.1) is 17.7 Å².